The second-order valence-electron chi connectivity index (χ2n) is 7.06. The van der Waals surface area contributed by atoms with E-state index in [1.165, 1.54) is 18.4 Å². The first-order valence-electron chi connectivity index (χ1n) is 9.24. The molecule has 1 aromatic heterocycles. The average molecular weight is 483 g/mol. The first kappa shape index (κ1) is 21.7. The van der Waals surface area contributed by atoms with Gasteiger partial charge in [-0.15, -0.1) is 24.0 Å². The average Bonchev–Trinajstić information content (AvgIpc) is 3.40. The molecule has 0 amide bonds. The number of aryl methyl sites for hydroxylation is 1. The lowest BCUT2D eigenvalue weighted by Gasteiger charge is -2.25. The second-order valence-corrected chi connectivity index (χ2v) is 7.06. The number of hydrogen-bond acceptors (Lipinski definition) is 4. The van der Waals surface area contributed by atoms with E-state index in [9.17, 15) is 0 Å². The van der Waals surface area contributed by atoms with E-state index in [1.54, 1.807) is 13.3 Å². The molecule has 6 nitrogen and oxygen atoms in total. The Bertz CT molecular complexity index is 739. The van der Waals surface area contributed by atoms with Crippen molar-refractivity contribution in [2.24, 2.45) is 4.99 Å². The van der Waals surface area contributed by atoms with Crippen molar-refractivity contribution in [2.45, 2.75) is 45.3 Å². The lowest BCUT2D eigenvalue weighted by molar-refractivity contribution is 0.247. The van der Waals surface area contributed by atoms with Gasteiger partial charge in [0.15, 0.2) is 5.96 Å². The van der Waals surface area contributed by atoms with Crippen LogP contribution in [0.3, 0.4) is 0 Å². The van der Waals surface area contributed by atoms with Crippen molar-refractivity contribution in [1.82, 2.24) is 20.5 Å². The minimum Gasteiger partial charge on any atom is -0.444 e. The molecule has 1 aliphatic carbocycles. The van der Waals surface area contributed by atoms with Crippen LogP contribution in [-0.2, 0) is 6.54 Å². The Hall–Kier alpha value is -1.61. The zero-order chi connectivity index (χ0) is 18.5. The third-order valence-corrected chi connectivity index (χ3v) is 4.89. The molecule has 148 valence electrons. The Labute approximate surface area is 178 Å². The number of oxazole rings is 1. The maximum Gasteiger partial charge on any atom is 0.226 e. The van der Waals surface area contributed by atoms with E-state index >= 15 is 0 Å². The van der Waals surface area contributed by atoms with E-state index in [0.717, 1.165) is 29.8 Å². The van der Waals surface area contributed by atoms with E-state index in [-0.39, 0.29) is 24.0 Å². The summed E-state index contributed by atoms with van der Waals surface area (Å²) in [6.45, 7) is 5.74. The van der Waals surface area contributed by atoms with Gasteiger partial charge in [0, 0.05) is 31.2 Å². The fourth-order valence-electron chi connectivity index (χ4n) is 2.84. The number of likely N-dealkylation sites (N-methyl/N-ethyl adjacent to an activating group) is 1. The molecule has 1 heterocycles. The van der Waals surface area contributed by atoms with Crippen molar-refractivity contribution in [2.75, 3.05) is 20.6 Å². The molecule has 0 radical (unpaired) electrons. The number of aromatic nitrogens is 1. The number of halogens is 1. The van der Waals surface area contributed by atoms with Gasteiger partial charge in [-0.2, -0.15) is 0 Å². The number of rotatable bonds is 7. The SMILES string of the molecule is CN=C(NCc1coc(-c2ccc(C)cc2)n1)NCC(C)N(C)C1CC1.I. The van der Waals surface area contributed by atoms with Crippen LogP contribution in [0.5, 0.6) is 0 Å². The van der Waals surface area contributed by atoms with Gasteiger partial charge in [0.05, 0.1) is 12.2 Å². The Morgan fingerprint density at radius 3 is 2.63 bits per heavy atom. The topological polar surface area (TPSA) is 65.7 Å². The summed E-state index contributed by atoms with van der Waals surface area (Å²) in [4.78, 5) is 11.3. The molecule has 0 aliphatic heterocycles. The summed E-state index contributed by atoms with van der Waals surface area (Å²) in [6, 6.07) is 9.40. The monoisotopic (exact) mass is 483 g/mol. The van der Waals surface area contributed by atoms with Gasteiger partial charge >= 0.3 is 0 Å². The largest absolute Gasteiger partial charge is 0.444 e. The molecule has 1 fully saturated rings. The third-order valence-electron chi connectivity index (χ3n) is 4.89. The van der Waals surface area contributed by atoms with Crippen molar-refractivity contribution in [3.63, 3.8) is 0 Å². The summed E-state index contributed by atoms with van der Waals surface area (Å²) in [6.07, 6.45) is 4.34. The van der Waals surface area contributed by atoms with Crippen molar-refractivity contribution in [3.8, 4) is 11.5 Å². The van der Waals surface area contributed by atoms with Gasteiger partial charge in [-0.3, -0.25) is 9.89 Å². The van der Waals surface area contributed by atoms with Crippen LogP contribution in [0, 0.1) is 6.92 Å². The maximum atomic E-state index is 5.60. The highest BCUT2D eigenvalue weighted by molar-refractivity contribution is 14.0. The standard InChI is InChI=1S/C20H29N5O.HI/c1-14-5-7-16(8-6-14)19-24-17(13-26-19)12-23-20(21-3)22-11-15(2)25(4)18-9-10-18;/h5-8,13,15,18H,9-12H2,1-4H3,(H2,21,22,23);1H. The molecule has 1 saturated carbocycles. The summed E-state index contributed by atoms with van der Waals surface area (Å²) in [5.41, 5.74) is 3.06. The van der Waals surface area contributed by atoms with Crippen LogP contribution < -0.4 is 10.6 Å². The quantitative estimate of drug-likeness (QED) is 0.359. The maximum absolute atomic E-state index is 5.60. The van der Waals surface area contributed by atoms with Gasteiger partial charge in [0.2, 0.25) is 5.89 Å². The molecule has 1 aliphatic rings. The fourth-order valence-corrected chi connectivity index (χ4v) is 2.84. The first-order valence-corrected chi connectivity index (χ1v) is 9.24. The van der Waals surface area contributed by atoms with E-state index in [4.69, 9.17) is 4.42 Å². The number of aliphatic imine (C=N–C) groups is 1. The Morgan fingerprint density at radius 2 is 2.00 bits per heavy atom. The highest BCUT2D eigenvalue weighted by Gasteiger charge is 2.28. The predicted octanol–water partition coefficient (Wildman–Crippen LogP) is 3.42. The molecule has 7 heteroatoms. The van der Waals surface area contributed by atoms with Crippen LogP contribution in [0.25, 0.3) is 11.5 Å². The lowest BCUT2D eigenvalue weighted by atomic mass is 10.1. The Balaban J connectivity index is 0.00000261. The van der Waals surface area contributed by atoms with E-state index < -0.39 is 0 Å². The van der Waals surface area contributed by atoms with Gasteiger partial charge in [-0.05, 0) is 45.9 Å². The van der Waals surface area contributed by atoms with E-state index in [0.29, 0.717) is 18.5 Å². The summed E-state index contributed by atoms with van der Waals surface area (Å²) in [7, 11) is 3.98. The van der Waals surface area contributed by atoms with Crippen LogP contribution in [0.1, 0.15) is 31.0 Å². The number of nitrogens with one attached hydrogen (secondary N) is 2. The minimum absolute atomic E-state index is 0. The Kier molecular flexibility index (Phi) is 8.09. The molecular weight excluding hydrogens is 453 g/mol. The number of benzene rings is 1. The van der Waals surface area contributed by atoms with Crippen LogP contribution in [0.2, 0.25) is 0 Å². The number of hydrogen-bond donors (Lipinski definition) is 2. The Morgan fingerprint density at radius 1 is 1.30 bits per heavy atom. The van der Waals surface area contributed by atoms with Crippen LogP contribution >= 0.6 is 24.0 Å². The summed E-state index contributed by atoms with van der Waals surface area (Å²) in [5, 5.41) is 6.68. The molecule has 1 atom stereocenters. The molecule has 2 aromatic rings. The van der Waals surface area contributed by atoms with E-state index in [1.807, 2.05) is 12.1 Å². The van der Waals surface area contributed by atoms with Crippen LogP contribution in [-0.4, -0.2) is 48.6 Å². The lowest BCUT2D eigenvalue weighted by Crippen LogP contribution is -2.45. The minimum atomic E-state index is 0. The molecular formula is C20H30IN5O. The number of nitrogens with zero attached hydrogens (tertiary/aromatic N) is 3. The van der Waals surface area contributed by atoms with Crippen molar-refractivity contribution in [1.29, 1.82) is 0 Å². The highest BCUT2D eigenvalue weighted by Crippen LogP contribution is 2.26. The molecule has 27 heavy (non-hydrogen) atoms. The van der Waals surface area contributed by atoms with Gasteiger partial charge in [0.25, 0.3) is 0 Å². The normalized spacial score (nSPS) is 15.4. The predicted molar refractivity (Wildman–Crippen MR) is 121 cm³/mol. The van der Waals surface area contributed by atoms with E-state index in [2.05, 4.69) is 58.5 Å². The van der Waals surface area contributed by atoms with Crippen molar-refractivity contribution < 1.29 is 4.42 Å². The molecule has 0 spiro atoms. The van der Waals surface area contributed by atoms with Gasteiger partial charge < -0.3 is 15.1 Å². The molecule has 0 saturated heterocycles. The van der Waals surface area contributed by atoms with Gasteiger partial charge in [0.1, 0.15) is 6.26 Å². The number of guanidine groups is 1. The second kappa shape index (κ2) is 10.1. The van der Waals surface area contributed by atoms with Gasteiger partial charge in [-0.25, -0.2) is 4.98 Å². The smallest absolute Gasteiger partial charge is 0.226 e. The summed E-state index contributed by atoms with van der Waals surface area (Å²) >= 11 is 0. The molecule has 1 unspecified atom stereocenters. The highest BCUT2D eigenvalue weighted by atomic mass is 127. The molecule has 1 aromatic carbocycles. The molecule has 2 N–H and O–H groups in total. The molecule has 0 bridgehead atoms. The zero-order valence-electron chi connectivity index (χ0n) is 16.5. The van der Waals surface area contributed by atoms with Crippen molar-refractivity contribution in [3.05, 3.63) is 41.8 Å². The van der Waals surface area contributed by atoms with Crippen molar-refractivity contribution >= 4 is 29.9 Å². The molecule has 3 rings (SSSR count). The third kappa shape index (κ3) is 6.21. The summed E-state index contributed by atoms with van der Waals surface area (Å²) in [5.74, 6) is 1.42. The first-order chi connectivity index (χ1) is 12.6. The van der Waals surface area contributed by atoms with Crippen LogP contribution in [0.4, 0.5) is 0 Å². The van der Waals surface area contributed by atoms with Crippen LogP contribution in [0.15, 0.2) is 39.9 Å². The summed E-state index contributed by atoms with van der Waals surface area (Å²) < 4.78 is 5.60. The van der Waals surface area contributed by atoms with Gasteiger partial charge in [-0.1, -0.05) is 17.7 Å². The fraction of sp³-hybridized carbons (Fsp3) is 0.500. The zero-order valence-corrected chi connectivity index (χ0v) is 18.9.